The second-order valence-electron chi connectivity index (χ2n) is 5.73. The Hall–Kier alpha value is -2.56. The lowest BCUT2D eigenvalue weighted by atomic mass is 10.1. The fraction of sp³-hybridized carbons (Fsp3) is 0.294. The molecule has 0 saturated carbocycles. The molecule has 0 aliphatic heterocycles. The van der Waals surface area contributed by atoms with Gasteiger partial charge in [-0.3, -0.25) is 4.79 Å². The fourth-order valence-corrected chi connectivity index (χ4v) is 3.06. The predicted octanol–water partition coefficient (Wildman–Crippen LogP) is 3.68. The lowest BCUT2D eigenvalue weighted by Crippen LogP contribution is -2.14. The van der Waals surface area contributed by atoms with E-state index in [9.17, 15) is 4.79 Å². The SMILES string of the molecule is O=C(Nc1ccc2cc[nH]c2c1)c1noc2c1CCCCC2. The number of aromatic amines is 1. The van der Waals surface area contributed by atoms with E-state index in [1.165, 1.54) is 6.42 Å². The third-order valence-electron chi connectivity index (χ3n) is 4.23. The van der Waals surface area contributed by atoms with Crippen molar-refractivity contribution in [3.63, 3.8) is 0 Å². The monoisotopic (exact) mass is 295 g/mol. The topological polar surface area (TPSA) is 70.9 Å². The van der Waals surface area contributed by atoms with Crippen molar-refractivity contribution in [3.8, 4) is 0 Å². The summed E-state index contributed by atoms with van der Waals surface area (Å²) in [6.45, 7) is 0. The van der Waals surface area contributed by atoms with Crippen molar-refractivity contribution < 1.29 is 9.32 Å². The molecule has 0 saturated heterocycles. The highest BCUT2D eigenvalue weighted by molar-refractivity contribution is 6.04. The summed E-state index contributed by atoms with van der Waals surface area (Å²) in [6.07, 6.45) is 7.00. The predicted molar refractivity (Wildman–Crippen MR) is 84.0 cm³/mol. The number of hydrogen-bond donors (Lipinski definition) is 2. The number of nitrogens with one attached hydrogen (secondary N) is 2. The molecular weight excluding hydrogens is 278 g/mol. The van der Waals surface area contributed by atoms with Crippen LogP contribution in [0.3, 0.4) is 0 Å². The summed E-state index contributed by atoms with van der Waals surface area (Å²) in [5.74, 6) is 0.681. The van der Waals surface area contributed by atoms with Crippen molar-refractivity contribution in [2.45, 2.75) is 32.1 Å². The average Bonchev–Trinajstić information content (AvgIpc) is 3.08. The number of hydrogen-bond acceptors (Lipinski definition) is 3. The van der Waals surface area contributed by atoms with Crippen LogP contribution in [-0.2, 0) is 12.8 Å². The van der Waals surface area contributed by atoms with Crippen molar-refractivity contribution in [2.24, 2.45) is 0 Å². The molecule has 22 heavy (non-hydrogen) atoms. The van der Waals surface area contributed by atoms with Crippen molar-refractivity contribution >= 4 is 22.5 Å². The molecule has 0 atom stereocenters. The van der Waals surface area contributed by atoms with Crippen LogP contribution < -0.4 is 5.32 Å². The fourth-order valence-electron chi connectivity index (χ4n) is 3.06. The molecule has 1 aliphatic rings. The zero-order valence-electron chi connectivity index (χ0n) is 12.2. The minimum atomic E-state index is -0.196. The summed E-state index contributed by atoms with van der Waals surface area (Å²) in [7, 11) is 0. The molecule has 1 aromatic carbocycles. The minimum Gasteiger partial charge on any atom is -0.361 e. The van der Waals surface area contributed by atoms with E-state index in [4.69, 9.17) is 4.52 Å². The zero-order chi connectivity index (χ0) is 14.9. The molecule has 2 N–H and O–H groups in total. The summed E-state index contributed by atoms with van der Waals surface area (Å²) in [4.78, 5) is 15.6. The molecule has 1 aliphatic carbocycles. The second-order valence-corrected chi connectivity index (χ2v) is 5.73. The third kappa shape index (κ3) is 2.28. The Morgan fingerprint density at radius 3 is 3.05 bits per heavy atom. The average molecular weight is 295 g/mol. The van der Waals surface area contributed by atoms with Gasteiger partial charge in [-0.2, -0.15) is 0 Å². The van der Waals surface area contributed by atoms with Gasteiger partial charge < -0.3 is 14.8 Å². The second kappa shape index (κ2) is 5.33. The van der Waals surface area contributed by atoms with E-state index in [-0.39, 0.29) is 5.91 Å². The Kier molecular flexibility index (Phi) is 3.18. The highest BCUT2D eigenvalue weighted by Crippen LogP contribution is 2.25. The molecule has 5 heteroatoms. The molecule has 2 heterocycles. The summed E-state index contributed by atoms with van der Waals surface area (Å²) in [5, 5.41) is 8.03. The Labute approximate surface area is 127 Å². The summed E-state index contributed by atoms with van der Waals surface area (Å²) in [5.41, 5.74) is 3.17. The van der Waals surface area contributed by atoms with Crippen LogP contribution in [0.1, 0.15) is 41.1 Å². The molecule has 0 unspecified atom stereocenters. The quantitative estimate of drug-likeness (QED) is 0.708. The van der Waals surface area contributed by atoms with Gasteiger partial charge in [-0.05, 0) is 42.8 Å². The maximum atomic E-state index is 12.5. The van der Waals surface area contributed by atoms with E-state index in [1.54, 1.807) is 0 Å². The van der Waals surface area contributed by atoms with Crippen LogP contribution in [0.15, 0.2) is 35.0 Å². The van der Waals surface area contributed by atoms with Crippen LogP contribution in [0.25, 0.3) is 10.9 Å². The number of aryl methyl sites for hydroxylation is 1. The van der Waals surface area contributed by atoms with Crippen LogP contribution in [0.5, 0.6) is 0 Å². The van der Waals surface area contributed by atoms with E-state index >= 15 is 0 Å². The van der Waals surface area contributed by atoms with Gasteiger partial charge in [0.1, 0.15) is 5.76 Å². The molecule has 112 valence electrons. The number of carbonyl (C=O) groups excluding carboxylic acids is 1. The van der Waals surface area contributed by atoms with Gasteiger partial charge in [0.2, 0.25) is 0 Å². The minimum absolute atomic E-state index is 0.196. The van der Waals surface area contributed by atoms with Crippen molar-refractivity contribution in [3.05, 3.63) is 47.5 Å². The van der Waals surface area contributed by atoms with Gasteiger partial charge in [0.25, 0.3) is 5.91 Å². The number of rotatable bonds is 2. The van der Waals surface area contributed by atoms with Gasteiger partial charge in [0.15, 0.2) is 5.69 Å². The highest BCUT2D eigenvalue weighted by Gasteiger charge is 2.23. The molecule has 4 rings (SSSR count). The standard InChI is InChI=1S/C17H17N3O2/c21-17(16-13-4-2-1-3-5-15(13)22-20-16)19-12-7-6-11-8-9-18-14(11)10-12/h6-10,18H,1-5H2,(H,19,21). The van der Waals surface area contributed by atoms with E-state index in [0.29, 0.717) is 5.69 Å². The van der Waals surface area contributed by atoms with Gasteiger partial charge in [-0.25, -0.2) is 0 Å². The first-order valence-electron chi connectivity index (χ1n) is 7.67. The molecule has 0 fully saturated rings. The zero-order valence-corrected chi connectivity index (χ0v) is 12.2. The Morgan fingerprint density at radius 2 is 2.09 bits per heavy atom. The molecule has 5 nitrogen and oxygen atoms in total. The molecule has 0 bridgehead atoms. The maximum Gasteiger partial charge on any atom is 0.278 e. The number of benzene rings is 1. The Balaban J connectivity index is 1.60. The molecule has 0 spiro atoms. The van der Waals surface area contributed by atoms with E-state index in [1.807, 2.05) is 30.5 Å². The molecule has 3 aromatic rings. The van der Waals surface area contributed by atoms with E-state index in [2.05, 4.69) is 15.5 Å². The van der Waals surface area contributed by atoms with Gasteiger partial charge in [0, 0.05) is 29.4 Å². The maximum absolute atomic E-state index is 12.5. The number of nitrogens with zero attached hydrogens (tertiary/aromatic N) is 1. The lowest BCUT2D eigenvalue weighted by Gasteiger charge is -2.04. The first-order valence-corrected chi connectivity index (χ1v) is 7.67. The normalized spacial score (nSPS) is 14.5. The molecular formula is C17H17N3O2. The van der Waals surface area contributed by atoms with Gasteiger partial charge in [-0.1, -0.05) is 17.6 Å². The van der Waals surface area contributed by atoms with Crippen LogP contribution in [0.2, 0.25) is 0 Å². The third-order valence-corrected chi connectivity index (χ3v) is 4.23. The highest BCUT2D eigenvalue weighted by atomic mass is 16.5. The van der Waals surface area contributed by atoms with Crippen LogP contribution in [0.4, 0.5) is 5.69 Å². The summed E-state index contributed by atoms with van der Waals surface area (Å²) < 4.78 is 5.37. The number of aromatic nitrogens is 2. The number of fused-ring (bicyclic) bond motifs is 2. The number of amides is 1. The first-order chi connectivity index (χ1) is 10.8. The van der Waals surface area contributed by atoms with Gasteiger partial charge in [-0.15, -0.1) is 0 Å². The largest absolute Gasteiger partial charge is 0.361 e. The van der Waals surface area contributed by atoms with Crippen molar-refractivity contribution in [1.29, 1.82) is 0 Å². The van der Waals surface area contributed by atoms with E-state index in [0.717, 1.165) is 53.6 Å². The number of H-pyrrole nitrogens is 1. The number of anilines is 1. The Morgan fingerprint density at radius 1 is 1.18 bits per heavy atom. The molecule has 2 aromatic heterocycles. The van der Waals surface area contributed by atoms with Gasteiger partial charge in [0.05, 0.1) is 0 Å². The van der Waals surface area contributed by atoms with E-state index < -0.39 is 0 Å². The van der Waals surface area contributed by atoms with Crippen LogP contribution in [-0.4, -0.2) is 16.0 Å². The van der Waals surface area contributed by atoms with Crippen LogP contribution in [0, 0.1) is 0 Å². The number of carbonyl (C=O) groups is 1. The Bertz CT molecular complexity index is 831. The smallest absolute Gasteiger partial charge is 0.278 e. The summed E-state index contributed by atoms with van der Waals surface area (Å²) in [6, 6.07) is 7.79. The molecule has 1 amide bonds. The van der Waals surface area contributed by atoms with Crippen molar-refractivity contribution in [1.82, 2.24) is 10.1 Å². The first kappa shape index (κ1) is 13.1. The summed E-state index contributed by atoms with van der Waals surface area (Å²) >= 11 is 0. The van der Waals surface area contributed by atoms with Gasteiger partial charge >= 0.3 is 0 Å². The lowest BCUT2D eigenvalue weighted by molar-refractivity contribution is 0.101. The van der Waals surface area contributed by atoms with Crippen LogP contribution >= 0.6 is 0 Å². The molecule has 0 radical (unpaired) electrons. The van der Waals surface area contributed by atoms with Crippen molar-refractivity contribution in [2.75, 3.05) is 5.32 Å².